The number of alkyl carbamates (subject to hydrolysis) is 1. The van der Waals surface area contributed by atoms with Crippen LogP contribution in [0.15, 0.2) is 66.7 Å². The van der Waals surface area contributed by atoms with Gasteiger partial charge in [-0.15, -0.1) is 0 Å². The molecule has 0 aromatic heterocycles. The molecule has 33 heavy (non-hydrogen) atoms. The van der Waals surface area contributed by atoms with Crippen molar-refractivity contribution in [2.24, 2.45) is 0 Å². The van der Waals surface area contributed by atoms with Gasteiger partial charge in [-0.1, -0.05) is 60.7 Å². The lowest BCUT2D eigenvalue weighted by atomic mass is 9.98. The van der Waals surface area contributed by atoms with E-state index in [1.807, 2.05) is 24.3 Å². The van der Waals surface area contributed by atoms with Crippen LogP contribution in [-0.2, 0) is 4.74 Å². The average Bonchev–Trinajstić information content (AvgIpc) is 3.16. The molecule has 3 N–H and O–H groups in total. The number of nitriles is 1. The number of fused-ring (bicyclic) bond motifs is 3. The third-order valence-corrected chi connectivity index (χ3v) is 6.13. The van der Waals surface area contributed by atoms with Gasteiger partial charge in [0.2, 0.25) is 0 Å². The minimum Gasteiger partial charge on any atom is -0.449 e. The normalized spacial score (nSPS) is 14.0. The first-order valence-electron chi connectivity index (χ1n) is 10.9. The molecule has 0 aliphatic heterocycles. The van der Waals surface area contributed by atoms with Crippen LogP contribution in [0.5, 0.6) is 0 Å². The van der Waals surface area contributed by atoms with Gasteiger partial charge in [0, 0.05) is 12.5 Å². The predicted octanol–water partition coefficient (Wildman–Crippen LogP) is 4.19. The summed E-state index contributed by atoms with van der Waals surface area (Å²) in [6.07, 6.45) is -2.58. The van der Waals surface area contributed by atoms with Crippen molar-refractivity contribution in [2.75, 3.05) is 13.2 Å². The molecule has 0 spiro atoms. The lowest BCUT2D eigenvalue weighted by Crippen LogP contribution is -2.30. The largest absolute Gasteiger partial charge is 0.449 e. The molecule has 168 valence electrons. The van der Waals surface area contributed by atoms with Crippen LogP contribution in [0.4, 0.5) is 4.79 Å². The molecular formula is C27H26N2O4. The van der Waals surface area contributed by atoms with Gasteiger partial charge in [-0.3, -0.25) is 0 Å². The Kier molecular flexibility index (Phi) is 6.74. The minimum atomic E-state index is -1.11. The van der Waals surface area contributed by atoms with E-state index in [0.717, 1.165) is 27.8 Å². The Hall–Kier alpha value is -3.66. The smallest absolute Gasteiger partial charge is 0.407 e. The van der Waals surface area contributed by atoms with Crippen LogP contribution in [0.3, 0.4) is 0 Å². The van der Waals surface area contributed by atoms with Crippen molar-refractivity contribution in [1.29, 1.82) is 5.26 Å². The van der Waals surface area contributed by atoms with Gasteiger partial charge < -0.3 is 20.3 Å². The van der Waals surface area contributed by atoms with E-state index < -0.39 is 18.3 Å². The second-order valence-electron chi connectivity index (χ2n) is 8.24. The van der Waals surface area contributed by atoms with E-state index in [2.05, 4.69) is 35.7 Å². The highest BCUT2D eigenvalue weighted by Gasteiger charge is 2.29. The third kappa shape index (κ3) is 4.75. The number of hydrogen-bond donors (Lipinski definition) is 3. The van der Waals surface area contributed by atoms with Gasteiger partial charge in [-0.25, -0.2) is 4.79 Å². The number of carbonyl (C=O) groups excluding carboxylic acids is 1. The van der Waals surface area contributed by atoms with Crippen LogP contribution in [0, 0.1) is 18.3 Å². The van der Waals surface area contributed by atoms with Gasteiger partial charge in [-0.2, -0.15) is 5.26 Å². The highest BCUT2D eigenvalue weighted by atomic mass is 16.5. The van der Waals surface area contributed by atoms with Gasteiger partial charge in [0.25, 0.3) is 0 Å². The third-order valence-electron chi connectivity index (χ3n) is 6.13. The number of carbonyl (C=O) groups is 1. The molecule has 3 aromatic carbocycles. The van der Waals surface area contributed by atoms with Crippen LogP contribution in [0.25, 0.3) is 11.1 Å². The Morgan fingerprint density at radius 2 is 1.70 bits per heavy atom. The monoisotopic (exact) mass is 442 g/mol. The van der Waals surface area contributed by atoms with E-state index in [4.69, 9.17) is 10.00 Å². The number of nitrogens with one attached hydrogen (secondary N) is 1. The summed E-state index contributed by atoms with van der Waals surface area (Å²) in [6, 6.07) is 23.3. The van der Waals surface area contributed by atoms with Gasteiger partial charge in [0.05, 0.1) is 17.7 Å². The molecule has 2 atom stereocenters. The van der Waals surface area contributed by atoms with Crippen molar-refractivity contribution in [1.82, 2.24) is 5.32 Å². The number of aryl methyl sites for hydroxylation is 1. The zero-order valence-electron chi connectivity index (χ0n) is 18.4. The summed E-state index contributed by atoms with van der Waals surface area (Å²) in [5.74, 6) is -0.0183. The highest BCUT2D eigenvalue weighted by molar-refractivity contribution is 5.79. The topological polar surface area (TPSA) is 103 Å². The summed E-state index contributed by atoms with van der Waals surface area (Å²) in [5, 5.41) is 32.4. The Morgan fingerprint density at radius 1 is 1.06 bits per heavy atom. The van der Waals surface area contributed by atoms with Crippen molar-refractivity contribution in [3.8, 4) is 17.2 Å². The fraction of sp³-hybridized carbons (Fsp3) is 0.259. The maximum absolute atomic E-state index is 12.3. The molecule has 0 heterocycles. The van der Waals surface area contributed by atoms with Gasteiger partial charge in [0.15, 0.2) is 0 Å². The van der Waals surface area contributed by atoms with Crippen molar-refractivity contribution in [3.63, 3.8) is 0 Å². The highest BCUT2D eigenvalue weighted by Crippen LogP contribution is 2.44. The van der Waals surface area contributed by atoms with Crippen LogP contribution in [0.2, 0.25) is 0 Å². The summed E-state index contributed by atoms with van der Waals surface area (Å²) in [6.45, 7) is 2.15. The molecule has 4 rings (SSSR count). The molecule has 2 unspecified atom stereocenters. The second kappa shape index (κ2) is 9.86. The lowest BCUT2D eigenvalue weighted by Gasteiger charge is -2.19. The van der Waals surface area contributed by atoms with E-state index in [-0.39, 0.29) is 25.5 Å². The molecule has 1 aliphatic carbocycles. The first-order valence-corrected chi connectivity index (χ1v) is 10.9. The Bertz CT molecular complexity index is 1160. The molecule has 0 radical (unpaired) electrons. The number of rotatable bonds is 7. The molecule has 0 fully saturated rings. The molecule has 0 bridgehead atoms. The molecular weight excluding hydrogens is 416 g/mol. The van der Waals surface area contributed by atoms with E-state index in [9.17, 15) is 15.0 Å². The standard InChI is InChI=1S/C27H26N2O4/c1-17-14-18(10-11-19(17)15-28)26(31)25(30)12-13-29-27(32)33-16-24-22-8-4-2-6-20(22)21-7-3-5-9-23(21)24/h2-11,14,24-26,30-31H,12-13,16H2,1H3,(H,29,32). The Morgan fingerprint density at radius 3 is 2.30 bits per heavy atom. The number of benzene rings is 3. The zero-order chi connectivity index (χ0) is 23.4. The number of hydrogen-bond acceptors (Lipinski definition) is 5. The van der Waals surface area contributed by atoms with Gasteiger partial charge in [-0.05, 0) is 52.8 Å². The summed E-state index contributed by atoms with van der Waals surface area (Å²) in [7, 11) is 0. The Balaban J connectivity index is 1.28. The number of nitrogens with zero attached hydrogens (tertiary/aromatic N) is 1. The van der Waals surface area contributed by atoms with Gasteiger partial charge >= 0.3 is 6.09 Å². The van der Waals surface area contributed by atoms with E-state index in [0.29, 0.717) is 11.1 Å². The van der Waals surface area contributed by atoms with Crippen molar-refractivity contribution >= 4 is 6.09 Å². The minimum absolute atomic E-state index is 0.0183. The first-order chi connectivity index (χ1) is 16.0. The lowest BCUT2D eigenvalue weighted by molar-refractivity contribution is 0.0136. The van der Waals surface area contributed by atoms with Crippen molar-refractivity contribution < 1.29 is 19.7 Å². The van der Waals surface area contributed by atoms with E-state index in [1.54, 1.807) is 25.1 Å². The summed E-state index contributed by atoms with van der Waals surface area (Å²) in [4.78, 5) is 12.3. The first kappa shape index (κ1) is 22.5. The molecule has 1 amide bonds. The van der Waals surface area contributed by atoms with Gasteiger partial charge in [0.1, 0.15) is 12.7 Å². The Labute approximate surface area is 193 Å². The van der Waals surface area contributed by atoms with E-state index in [1.165, 1.54) is 0 Å². The van der Waals surface area contributed by atoms with Crippen LogP contribution < -0.4 is 5.32 Å². The van der Waals surface area contributed by atoms with Crippen molar-refractivity contribution in [2.45, 2.75) is 31.5 Å². The van der Waals surface area contributed by atoms with Crippen molar-refractivity contribution in [3.05, 3.63) is 94.5 Å². The number of aliphatic hydroxyl groups excluding tert-OH is 2. The molecule has 6 heteroatoms. The molecule has 6 nitrogen and oxygen atoms in total. The number of aliphatic hydroxyl groups is 2. The molecule has 0 saturated carbocycles. The molecule has 1 aliphatic rings. The molecule has 0 saturated heterocycles. The SMILES string of the molecule is Cc1cc(C(O)C(O)CCNC(=O)OCC2c3ccccc3-c3ccccc32)ccc1C#N. The van der Waals surface area contributed by atoms with Crippen LogP contribution in [0.1, 0.15) is 46.3 Å². The fourth-order valence-corrected chi connectivity index (χ4v) is 4.35. The maximum Gasteiger partial charge on any atom is 0.407 e. The summed E-state index contributed by atoms with van der Waals surface area (Å²) in [5.41, 5.74) is 6.40. The number of amides is 1. The molecule has 3 aromatic rings. The summed E-state index contributed by atoms with van der Waals surface area (Å²) < 4.78 is 5.48. The van der Waals surface area contributed by atoms with Crippen LogP contribution >= 0.6 is 0 Å². The van der Waals surface area contributed by atoms with Crippen LogP contribution in [-0.4, -0.2) is 35.6 Å². The van der Waals surface area contributed by atoms with E-state index >= 15 is 0 Å². The average molecular weight is 443 g/mol. The predicted molar refractivity (Wildman–Crippen MR) is 125 cm³/mol. The second-order valence-corrected chi connectivity index (χ2v) is 8.24. The fourth-order valence-electron chi connectivity index (χ4n) is 4.35. The maximum atomic E-state index is 12.3. The number of ether oxygens (including phenoxy) is 1. The summed E-state index contributed by atoms with van der Waals surface area (Å²) >= 11 is 0. The quantitative estimate of drug-likeness (QED) is 0.509. The zero-order valence-corrected chi connectivity index (χ0v) is 18.4.